The number of aryl methyl sites for hydroxylation is 1. The topological polar surface area (TPSA) is 50.7 Å². The number of esters is 1. The van der Waals surface area contributed by atoms with E-state index < -0.39 is 5.97 Å². The van der Waals surface area contributed by atoms with Crippen molar-refractivity contribution in [3.8, 4) is 0 Å². The number of hydrazone groups is 1. The first-order valence-electron chi connectivity index (χ1n) is 5.17. The van der Waals surface area contributed by atoms with Crippen molar-refractivity contribution in [3.63, 3.8) is 0 Å². The number of carbonyl (C=O) groups excluding carboxylic acids is 1. The van der Waals surface area contributed by atoms with Crippen molar-refractivity contribution in [3.05, 3.63) is 29.8 Å². The van der Waals surface area contributed by atoms with Crippen molar-refractivity contribution in [2.24, 2.45) is 5.10 Å². The summed E-state index contributed by atoms with van der Waals surface area (Å²) in [6.07, 6.45) is 0. The van der Waals surface area contributed by atoms with Gasteiger partial charge in [-0.3, -0.25) is 5.43 Å². The monoisotopic (exact) mass is 220 g/mol. The predicted octanol–water partition coefficient (Wildman–Crippen LogP) is 2.35. The van der Waals surface area contributed by atoms with Crippen LogP contribution in [-0.2, 0) is 9.53 Å². The fourth-order valence-corrected chi connectivity index (χ4v) is 1.06. The van der Waals surface area contributed by atoms with Crippen molar-refractivity contribution < 1.29 is 9.53 Å². The Labute approximate surface area is 95.3 Å². The number of hydrogen-bond donors (Lipinski definition) is 1. The third-order valence-electron chi connectivity index (χ3n) is 1.98. The van der Waals surface area contributed by atoms with Crippen LogP contribution in [0.5, 0.6) is 0 Å². The van der Waals surface area contributed by atoms with Gasteiger partial charge in [0.05, 0.1) is 12.3 Å². The lowest BCUT2D eigenvalue weighted by Gasteiger charge is -2.03. The van der Waals surface area contributed by atoms with Crippen LogP contribution in [0, 0.1) is 6.92 Å². The summed E-state index contributed by atoms with van der Waals surface area (Å²) in [4.78, 5) is 11.2. The lowest BCUT2D eigenvalue weighted by atomic mass is 10.2. The number of benzene rings is 1. The first-order chi connectivity index (χ1) is 7.63. The molecular formula is C12H16N2O2. The Kier molecular flexibility index (Phi) is 4.51. The maximum atomic E-state index is 11.2. The molecule has 0 aliphatic carbocycles. The first-order valence-corrected chi connectivity index (χ1v) is 5.17. The molecule has 0 spiro atoms. The predicted molar refractivity (Wildman–Crippen MR) is 64.5 cm³/mol. The quantitative estimate of drug-likeness (QED) is 0.481. The van der Waals surface area contributed by atoms with Gasteiger partial charge < -0.3 is 4.74 Å². The van der Waals surface area contributed by atoms with Gasteiger partial charge in [0.2, 0.25) is 0 Å². The zero-order valence-electron chi connectivity index (χ0n) is 9.78. The minimum absolute atomic E-state index is 0.308. The smallest absolute Gasteiger partial charge is 0.354 e. The summed E-state index contributed by atoms with van der Waals surface area (Å²) in [6, 6.07) is 7.74. The van der Waals surface area contributed by atoms with Crippen molar-refractivity contribution in [2.45, 2.75) is 20.8 Å². The third kappa shape index (κ3) is 3.73. The zero-order chi connectivity index (χ0) is 12.0. The second-order valence-electron chi connectivity index (χ2n) is 3.40. The number of carbonyl (C=O) groups is 1. The van der Waals surface area contributed by atoms with Gasteiger partial charge in [-0.05, 0) is 32.9 Å². The molecule has 0 aliphatic rings. The lowest BCUT2D eigenvalue weighted by Crippen LogP contribution is -2.15. The highest BCUT2D eigenvalue weighted by Crippen LogP contribution is 2.08. The number of anilines is 1. The summed E-state index contributed by atoms with van der Waals surface area (Å²) < 4.78 is 4.80. The Hall–Kier alpha value is -1.84. The fraction of sp³-hybridized carbons (Fsp3) is 0.333. The van der Waals surface area contributed by atoms with E-state index in [2.05, 4.69) is 10.5 Å². The molecule has 16 heavy (non-hydrogen) atoms. The molecule has 0 amide bonds. The molecule has 1 aromatic carbocycles. The number of rotatable bonds is 4. The molecule has 0 saturated carbocycles. The molecular weight excluding hydrogens is 204 g/mol. The van der Waals surface area contributed by atoms with Crippen molar-refractivity contribution >= 4 is 17.4 Å². The molecule has 4 nitrogen and oxygen atoms in total. The fourth-order valence-electron chi connectivity index (χ4n) is 1.06. The summed E-state index contributed by atoms with van der Waals surface area (Å²) in [7, 11) is 0. The van der Waals surface area contributed by atoms with Crippen LogP contribution in [0.4, 0.5) is 5.69 Å². The normalized spacial score (nSPS) is 11.1. The van der Waals surface area contributed by atoms with Gasteiger partial charge in [-0.2, -0.15) is 5.10 Å². The molecule has 4 heteroatoms. The Morgan fingerprint density at radius 3 is 2.56 bits per heavy atom. The number of nitrogens with zero attached hydrogens (tertiary/aromatic N) is 1. The highest BCUT2D eigenvalue weighted by atomic mass is 16.5. The van der Waals surface area contributed by atoms with E-state index in [0.717, 1.165) is 5.69 Å². The van der Waals surface area contributed by atoms with E-state index in [1.807, 2.05) is 31.2 Å². The van der Waals surface area contributed by atoms with Gasteiger partial charge in [-0.25, -0.2) is 4.79 Å². The molecule has 0 fully saturated rings. The molecule has 0 unspecified atom stereocenters. The van der Waals surface area contributed by atoms with E-state index in [0.29, 0.717) is 12.3 Å². The number of nitrogens with one attached hydrogen (secondary N) is 1. The SMILES string of the molecule is CCOC(=O)/C(C)=N\Nc1ccc(C)cc1. The van der Waals surface area contributed by atoms with Gasteiger partial charge in [0.25, 0.3) is 0 Å². The van der Waals surface area contributed by atoms with Crippen molar-refractivity contribution in [2.75, 3.05) is 12.0 Å². The van der Waals surface area contributed by atoms with Gasteiger partial charge >= 0.3 is 5.97 Å². The summed E-state index contributed by atoms with van der Waals surface area (Å²) in [5.74, 6) is -0.401. The Morgan fingerprint density at radius 2 is 2.00 bits per heavy atom. The number of ether oxygens (including phenoxy) is 1. The van der Waals surface area contributed by atoms with Crippen LogP contribution in [0.25, 0.3) is 0 Å². The molecule has 0 atom stereocenters. The summed E-state index contributed by atoms with van der Waals surface area (Å²) in [5.41, 5.74) is 5.13. The van der Waals surface area contributed by atoms with Crippen molar-refractivity contribution in [1.82, 2.24) is 0 Å². The van der Waals surface area contributed by atoms with E-state index in [4.69, 9.17) is 4.74 Å². The second-order valence-corrected chi connectivity index (χ2v) is 3.40. The van der Waals surface area contributed by atoms with Crippen LogP contribution in [0.3, 0.4) is 0 Å². The Morgan fingerprint density at radius 1 is 1.38 bits per heavy atom. The van der Waals surface area contributed by atoms with Crippen molar-refractivity contribution in [1.29, 1.82) is 0 Å². The van der Waals surface area contributed by atoms with Crippen LogP contribution >= 0.6 is 0 Å². The van der Waals surface area contributed by atoms with E-state index in [-0.39, 0.29) is 0 Å². The molecule has 0 saturated heterocycles. The standard InChI is InChI=1S/C12H16N2O2/c1-4-16-12(15)10(3)13-14-11-7-5-9(2)6-8-11/h5-8,14H,4H2,1-3H3/b13-10-. The highest BCUT2D eigenvalue weighted by molar-refractivity contribution is 6.35. The second kappa shape index (κ2) is 5.90. The van der Waals surface area contributed by atoms with Gasteiger partial charge in [0.15, 0.2) is 0 Å². The largest absolute Gasteiger partial charge is 0.461 e. The van der Waals surface area contributed by atoms with Gasteiger partial charge in [-0.1, -0.05) is 17.7 Å². The van der Waals surface area contributed by atoms with Crippen LogP contribution in [0.2, 0.25) is 0 Å². The zero-order valence-corrected chi connectivity index (χ0v) is 9.78. The van der Waals surface area contributed by atoms with E-state index in [9.17, 15) is 4.79 Å². The molecule has 0 heterocycles. The van der Waals surface area contributed by atoms with Crippen LogP contribution in [0.15, 0.2) is 29.4 Å². The summed E-state index contributed by atoms with van der Waals surface area (Å²) in [6.45, 7) is 5.74. The van der Waals surface area contributed by atoms with Crippen LogP contribution < -0.4 is 5.43 Å². The average molecular weight is 220 g/mol. The molecule has 0 radical (unpaired) electrons. The molecule has 86 valence electrons. The first kappa shape index (κ1) is 12.2. The summed E-state index contributed by atoms with van der Waals surface area (Å²) in [5, 5.41) is 3.93. The Bertz CT molecular complexity index is 383. The molecule has 0 aromatic heterocycles. The van der Waals surface area contributed by atoms with Crippen LogP contribution in [-0.4, -0.2) is 18.3 Å². The molecule has 1 aromatic rings. The minimum atomic E-state index is -0.401. The summed E-state index contributed by atoms with van der Waals surface area (Å²) >= 11 is 0. The maximum Gasteiger partial charge on any atom is 0.354 e. The lowest BCUT2D eigenvalue weighted by molar-refractivity contribution is -0.135. The third-order valence-corrected chi connectivity index (χ3v) is 1.98. The molecule has 0 bridgehead atoms. The molecule has 0 aliphatic heterocycles. The van der Waals surface area contributed by atoms with Gasteiger partial charge in [0.1, 0.15) is 5.71 Å². The van der Waals surface area contributed by atoms with E-state index in [1.54, 1.807) is 13.8 Å². The average Bonchev–Trinajstić information content (AvgIpc) is 2.28. The van der Waals surface area contributed by atoms with E-state index >= 15 is 0 Å². The maximum absolute atomic E-state index is 11.2. The highest BCUT2D eigenvalue weighted by Gasteiger charge is 2.05. The van der Waals surface area contributed by atoms with Gasteiger partial charge in [-0.15, -0.1) is 0 Å². The minimum Gasteiger partial charge on any atom is -0.461 e. The van der Waals surface area contributed by atoms with Crippen LogP contribution in [0.1, 0.15) is 19.4 Å². The molecule has 1 rings (SSSR count). The van der Waals surface area contributed by atoms with Gasteiger partial charge in [0, 0.05) is 0 Å². The molecule has 1 N–H and O–H groups in total. The Balaban J connectivity index is 2.58. The van der Waals surface area contributed by atoms with E-state index in [1.165, 1.54) is 5.56 Å². The number of hydrogen-bond acceptors (Lipinski definition) is 4.